The predicted molar refractivity (Wildman–Crippen MR) is 89.1 cm³/mol. The second-order valence-electron chi connectivity index (χ2n) is 5.77. The van der Waals surface area contributed by atoms with E-state index in [9.17, 15) is 19.2 Å². The van der Waals surface area contributed by atoms with E-state index in [1.807, 2.05) is 5.32 Å². The predicted octanol–water partition coefficient (Wildman–Crippen LogP) is 1.20. The molecule has 8 nitrogen and oxygen atoms in total. The molecule has 3 N–H and O–H groups in total. The first-order valence-electron chi connectivity index (χ1n) is 7.63. The van der Waals surface area contributed by atoms with Crippen molar-refractivity contribution in [3.8, 4) is 5.75 Å². The number of carbonyl (C=O) groups is 4. The van der Waals surface area contributed by atoms with E-state index in [2.05, 4.69) is 0 Å². The summed E-state index contributed by atoms with van der Waals surface area (Å²) in [6.45, 7) is 4.73. The van der Waals surface area contributed by atoms with Crippen molar-refractivity contribution in [3.05, 3.63) is 29.3 Å². The van der Waals surface area contributed by atoms with Crippen molar-refractivity contribution < 1.29 is 28.7 Å². The third-order valence-electron chi connectivity index (χ3n) is 3.39. The summed E-state index contributed by atoms with van der Waals surface area (Å²) >= 11 is 0. The number of carbonyl (C=O) groups excluding carboxylic acids is 4. The van der Waals surface area contributed by atoms with Gasteiger partial charge in [-0.15, -0.1) is 0 Å². The smallest absolute Gasteiger partial charge is 0.318 e. The Balaban J connectivity index is 2.93. The van der Waals surface area contributed by atoms with Crippen LogP contribution in [0.1, 0.15) is 36.7 Å². The molecule has 8 heteroatoms. The molecule has 0 aliphatic carbocycles. The Morgan fingerprint density at radius 1 is 1.20 bits per heavy atom. The molecule has 0 aromatic heterocycles. The van der Waals surface area contributed by atoms with Crippen LogP contribution in [0, 0.1) is 5.92 Å². The Hall–Kier alpha value is -2.90. The summed E-state index contributed by atoms with van der Waals surface area (Å²) in [7, 11) is 1.44. The molecule has 1 rings (SSSR count). The monoisotopic (exact) mass is 350 g/mol. The highest BCUT2D eigenvalue weighted by molar-refractivity contribution is 5.97. The van der Waals surface area contributed by atoms with Crippen LogP contribution in [-0.2, 0) is 20.7 Å². The number of rotatable bonds is 7. The maximum absolute atomic E-state index is 12.2. The fourth-order valence-electron chi connectivity index (χ4n) is 2.16. The molecule has 1 aromatic carbocycles. The standard InChI is InChI=1S/C17H22N2O6/c1-9(2)15(16(22)19-17(18)23)25-14(21)8-12-7-11(10(3)20)5-6-13(12)24-4/h5-7,9,15H,8H2,1-4H3,(H3,18,19,22,23)/t15-/m1/s1. The molecule has 0 aliphatic rings. The number of esters is 1. The molecule has 0 heterocycles. The lowest BCUT2D eigenvalue weighted by Gasteiger charge is -2.20. The topological polar surface area (TPSA) is 125 Å². The Kier molecular flexibility index (Phi) is 7.10. The number of imide groups is 1. The highest BCUT2D eigenvalue weighted by Gasteiger charge is 2.27. The van der Waals surface area contributed by atoms with Crippen molar-refractivity contribution in [2.75, 3.05) is 7.11 Å². The summed E-state index contributed by atoms with van der Waals surface area (Å²) in [5.41, 5.74) is 5.79. The molecular formula is C17H22N2O6. The van der Waals surface area contributed by atoms with E-state index in [4.69, 9.17) is 15.2 Å². The number of benzene rings is 1. The molecule has 1 aromatic rings. The number of hydrogen-bond acceptors (Lipinski definition) is 6. The minimum absolute atomic E-state index is 0.154. The van der Waals surface area contributed by atoms with Crippen LogP contribution in [-0.4, -0.2) is 36.9 Å². The van der Waals surface area contributed by atoms with E-state index in [1.54, 1.807) is 26.0 Å². The lowest BCUT2D eigenvalue weighted by Crippen LogP contribution is -2.45. The number of amides is 3. The maximum Gasteiger partial charge on any atom is 0.318 e. The molecule has 0 saturated heterocycles. The van der Waals surface area contributed by atoms with Gasteiger partial charge in [0, 0.05) is 11.1 Å². The Morgan fingerprint density at radius 2 is 1.84 bits per heavy atom. The quantitative estimate of drug-likeness (QED) is 0.562. The summed E-state index contributed by atoms with van der Waals surface area (Å²) in [6, 6.07) is 3.69. The Labute approximate surface area is 145 Å². The molecule has 1 atom stereocenters. The first-order valence-corrected chi connectivity index (χ1v) is 7.63. The Morgan fingerprint density at radius 3 is 2.32 bits per heavy atom. The molecule has 0 aliphatic heterocycles. The van der Waals surface area contributed by atoms with Gasteiger partial charge in [-0.05, 0) is 31.0 Å². The van der Waals surface area contributed by atoms with Gasteiger partial charge >= 0.3 is 12.0 Å². The van der Waals surface area contributed by atoms with Crippen molar-refractivity contribution in [1.29, 1.82) is 0 Å². The van der Waals surface area contributed by atoms with Gasteiger partial charge in [-0.2, -0.15) is 0 Å². The van der Waals surface area contributed by atoms with Crippen LogP contribution in [0.3, 0.4) is 0 Å². The van der Waals surface area contributed by atoms with Gasteiger partial charge in [-0.25, -0.2) is 4.79 Å². The number of nitrogens with two attached hydrogens (primary N) is 1. The summed E-state index contributed by atoms with van der Waals surface area (Å²) in [5.74, 6) is -1.59. The first kappa shape index (κ1) is 20.1. The normalized spacial score (nSPS) is 11.6. The van der Waals surface area contributed by atoms with Crippen LogP contribution in [0.2, 0.25) is 0 Å². The number of ketones is 1. The number of Topliss-reactive ketones (excluding diaryl/α,β-unsaturated/α-hetero) is 1. The van der Waals surface area contributed by atoms with Gasteiger partial charge in [-0.3, -0.25) is 19.7 Å². The van der Waals surface area contributed by atoms with E-state index < -0.39 is 24.0 Å². The highest BCUT2D eigenvalue weighted by atomic mass is 16.5. The Bertz CT molecular complexity index is 684. The van der Waals surface area contributed by atoms with Crippen molar-refractivity contribution >= 4 is 23.7 Å². The average molecular weight is 350 g/mol. The molecule has 0 radical (unpaired) electrons. The third kappa shape index (κ3) is 5.91. The number of hydrogen-bond donors (Lipinski definition) is 2. The van der Waals surface area contributed by atoms with Gasteiger partial charge in [-0.1, -0.05) is 13.8 Å². The zero-order valence-corrected chi connectivity index (χ0v) is 14.6. The van der Waals surface area contributed by atoms with Crippen LogP contribution >= 0.6 is 0 Å². The number of nitrogens with one attached hydrogen (secondary N) is 1. The zero-order chi connectivity index (χ0) is 19.1. The summed E-state index contributed by atoms with van der Waals surface area (Å²) in [6.07, 6.45) is -1.36. The molecule has 3 amide bonds. The number of primary amides is 1. The first-order chi connectivity index (χ1) is 11.6. The van der Waals surface area contributed by atoms with E-state index in [-0.39, 0.29) is 18.1 Å². The number of ether oxygens (including phenoxy) is 2. The second-order valence-corrected chi connectivity index (χ2v) is 5.77. The molecule has 0 fully saturated rings. The van der Waals surface area contributed by atoms with Gasteiger partial charge < -0.3 is 15.2 Å². The number of methoxy groups -OCH3 is 1. The maximum atomic E-state index is 12.2. The molecule has 0 spiro atoms. The lowest BCUT2D eigenvalue weighted by molar-refractivity contribution is -0.157. The van der Waals surface area contributed by atoms with Crippen LogP contribution in [0.15, 0.2) is 18.2 Å². The van der Waals surface area contributed by atoms with Gasteiger partial charge in [0.2, 0.25) is 0 Å². The van der Waals surface area contributed by atoms with Crippen molar-refractivity contribution in [2.24, 2.45) is 11.7 Å². The largest absolute Gasteiger partial charge is 0.496 e. The van der Waals surface area contributed by atoms with Gasteiger partial charge in [0.15, 0.2) is 11.9 Å². The summed E-state index contributed by atoms with van der Waals surface area (Å²) in [5, 5.41) is 1.89. The fraction of sp³-hybridized carbons (Fsp3) is 0.412. The second kappa shape index (κ2) is 8.81. The SMILES string of the molecule is COc1ccc(C(C)=O)cc1CC(=O)O[C@@H](C(=O)NC(N)=O)C(C)C. The van der Waals surface area contributed by atoms with Crippen LogP contribution in [0.4, 0.5) is 4.79 Å². The third-order valence-corrected chi connectivity index (χ3v) is 3.39. The van der Waals surface area contributed by atoms with Crippen molar-refractivity contribution in [2.45, 2.75) is 33.3 Å². The zero-order valence-electron chi connectivity index (χ0n) is 14.6. The minimum Gasteiger partial charge on any atom is -0.496 e. The van der Waals surface area contributed by atoms with E-state index in [0.717, 1.165) is 0 Å². The fourth-order valence-corrected chi connectivity index (χ4v) is 2.16. The van der Waals surface area contributed by atoms with E-state index in [0.29, 0.717) is 16.9 Å². The average Bonchev–Trinajstić information content (AvgIpc) is 2.51. The van der Waals surface area contributed by atoms with Gasteiger partial charge in [0.1, 0.15) is 5.75 Å². The van der Waals surface area contributed by atoms with Crippen molar-refractivity contribution in [3.63, 3.8) is 0 Å². The van der Waals surface area contributed by atoms with Crippen molar-refractivity contribution in [1.82, 2.24) is 5.32 Å². The summed E-state index contributed by atoms with van der Waals surface area (Å²) in [4.78, 5) is 46.4. The number of urea groups is 1. The van der Waals surface area contributed by atoms with Crippen LogP contribution in [0.25, 0.3) is 0 Å². The molecule has 0 bridgehead atoms. The van der Waals surface area contributed by atoms with Gasteiger partial charge in [0.05, 0.1) is 13.5 Å². The highest BCUT2D eigenvalue weighted by Crippen LogP contribution is 2.22. The van der Waals surface area contributed by atoms with E-state index in [1.165, 1.54) is 20.1 Å². The molecular weight excluding hydrogens is 328 g/mol. The molecule has 0 unspecified atom stereocenters. The van der Waals surface area contributed by atoms with Crippen LogP contribution < -0.4 is 15.8 Å². The molecule has 136 valence electrons. The summed E-state index contributed by atoms with van der Waals surface area (Å²) < 4.78 is 10.4. The lowest BCUT2D eigenvalue weighted by atomic mass is 10.0. The van der Waals surface area contributed by atoms with Crippen LogP contribution in [0.5, 0.6) is 5.75 Å². The van der Waals surface area contributed by atoms with Gasteiger partial charge in [0.25, 0.3) is 5.91 Å². The minimum atomic E-state index is -1.16. The molecule has 25 heavy (non-hydrogen) atoms. The van der Waals surface area contributed by atoms with E-state index >= 15 is 0 Å². The molecule has 0 saturated carbocycles.